The number of fused-ring (bicyclic) bond motifs is 1. The third-order valence-corrected chi connectivity index (χ3v) is 5.85. The molecule has 148 valence electrons. The second kappa shape index (κ2) is 7.63. The molecule has 1 atom stereocenters. The Morgan fingerprint density at radius 3 is 2.61 bits per heavy atom. The lowest BCUT2D eigenvalue weighted by molar-refractivity contribution is -0.119. The highest BCUT2D eigenvalue weighted by molar-refractivity contribution is 7.92. The molecule has 0 bridgehead atoms. The van der Waals surface area contributed by atoms with Crippen LogP contribution in [0.4, 0.5) is 11.4 Å². The molecule has 0 spiro atoms. The van der Waals surface area contributed by atoms with E-state index in [1.165, 1.54) is 10.4 Å². The van der Waals surface area contributed by atoms with Crippen molar-refractivity contribution in [1.82, 2.24) is 0 Å². The number of aryl methyl sites for hydroxylation is 1. The summed E-state index contributed by atoms with van der Waals surface area (Å²) in [5.74, 6) is -1.06. The molecular formula is C20H22N2O5S. The molecular weight excluding hydrogens is 380 g/mol. The van der Waals surface area contributed by atoms with E-state index in [1.54, 1.807) is 24.3 Å². The maximum absolute atomic E-state index is 12.3. The van der Waals surface area contributed by atoms with Gasteiger partial charge in [0, 0.05) is 11.7 Å². The SMILES string of the molecule is Cc1ccccc1NC(=O)COC(=O)c1ccc2c(c1)C[C@@H](C)N2S(C)(=O)=O. The predicted octanol–water partition coefficient (Wildman–Crippen LogP) is 2.50. The average Bonchev–Trinajstić information content (AvgIpc) is 2.96. The van der Waals surface area contributed by atoms with E-state index in [1.807, 2.05) is 26.0 Å². The van der Waals surface area contributed by atoms with Crippen molar-refractivity contribution < 1.29 is 22.7 Å². The van der Waals surface area contributed by atoms with Gasteiger partial charge in [0.1, 0.15) is 0 Å². The molecule has 0 aromatic heterocycles. The number of hydrogen-bond acceptors (Lipinski definition) is 5. The second-order valence-electron chi connectivity index (χ2n) is 6.89. The molecule has 0 fully saturated rings. The molecule has 3 rings (SSSR count). The molecule has 2 aromatic rings. The van der Waals surface area contributed by atoms with Crippen LogP contribution in [0.2, 0.25) is 0 Å². The van der Waals surface area contributed by atoms with Gasteiger partial charge in [0.05, 0.1) is 17.5 Å². The number of benzene rings is 2. The van der Waals surface area contributed by atoms with Crippen LogP contribution in [0.1, 0.15) is 28.4 Å². The molecule has 1 aliphatic rings. The highest BCUT2D eigenvalue weighted by Crippen LogP contribution is 2.34. The van der Waals surface area contributed by atoms with Gasteiger partial charge in [-0.25, -0.2) is 13.2 Å². The zero-order valence-electron chi connectivity index (χ0n) is 15.9. The van der Waals surface area contributed by atoms with E-state index in [0.29, 0.717) is 17.8 Å². The minimum absolute atomic E-state index is 0.212. The summed E-state index contributed by atoms with van der Waals surface area (Å²) in [5.41, 5.74) is 3.19. The summed E-state index contributed by atoms with van der Waals surface area (Å²) in [7, 11) is -3.39. The van der Waals surface area contributed by atoms with Gasteiger partial charge < -0.3 is 10.1 Å². The lowest BCUT2D eigenvalue weighted by atomic mass is 10.1. The molecule has 1 aliphatic heterocycles. The molecule has 1 heterocycles. The fraction of sp³-hybridized carbons (Fsp3) is 0.300. The molecule has 0 saturated carbocycles. The van der Waals surface area contributed by atoms with Crippen LogP contribution in [-0.2, 0) is 26.0 Å². The van der Waals surface area contributed by atoms with Crippen molar-refractivity contribution in [3.63, 3.8) is 0 Å². The smallest absolute Gasteiger partial charge is 0.338 e. The van der Waals surface area contributed by atoms with E-state index in [9.17, 15) is 18.0 Å². The first kappa shape index (κ1) is 19.9. The van der Waals surface area contributed by atoms with Gasteiger partial charge in [-0.3, -0.25) is 9.10 Å². The van der Waals surface area contributed by atoms with Crippen molar-refractivity contribution >= 4 is 33.3 Å². The van der Waals surface area contributed by atoms with Crippen molar-refractivity contribution in [1.29, 1.82) is 0 Å². The number of ether oxygens (including phenoxy) is 1. The van der Waals surface area contributed by atoms with Crippen LogP contribution in [0.5, 0.6) is 0 Å². The molecule has 1 amide bonds. The van der Waals surface area contributed by atoms with Crippen molar-refractivity contribution in [3.05, 3.63) is 59.2 Å². The standard InChI is InChI=1S/C20H22N2O5S/c1-13-6-4-5-7-17(13)21-19(23)12-27-20(24)15-8-9-18-16(11-15)10-14(2)22(18)28(3,25)26/h4-9,11,14H,10,12H2,1-3H3,(H,21,23)/t14-/m1/s1. The Labute approximate surface area is 164 Å². The van der Waals surface area contributed by atoms with Crippen molar-refractivity contribution in [2.45, 2.75) is 26.3 Å². The van der Waals surface area contributed by atoms with E-state index in [0.717, 1.165) is 17.4 Å². The Balaban J connectivity index is 1.65. The number of carbonyl (C=O) groups is 2. The van der Waals surface area contributed by atoms with Crippen LogP contribution in [-0.4, -0.2) is 39.2 Å². The number of rotatable bonds is 5. The first-order chi connectivity index (χ1) is 13.2. The van der Waals surface area contributed by atoms with Gasteiger partial charge in [0.2, 0.25) is 10.0 Å². The number of anilines is 2. The van der Waals surface area contributed by atoms with Gasteiger partial charge in [-0.1, -0.05) is 18.2 Å². The first-order valence-corrected chi connectivity index (χ1v) is 10.7. The number of amides is 1. The van der Waals surface area contributed by atoms with Crippen molar-refractivity contribution in [2.75, 3.05) is 22.5 Å². The van der Waals surface area contributed by atoms with E-state index in [4.69, 9.17) is 4.74 Å². The maximum atomic E-state index is 12.3. The van der Waals surface area contributed by atoms with Crippen LogP contribution < -0.4 is 9.62 Å². The zero-order chi connectivity index (χ0) is 20.5. The molecule has 0 aliphatic carbocycles. The summed E-state index contributed by atoms with van der Waals surface area (Å²) in [6.07, 6.45) is 1.67. The largest absolute Gasteiger partial charge is 0.452 e. The monoisotopic (exact) mass is 402 g/mol. The quantitative estimate of drug-likeness (QED) is 0.776. The Morgan fingerprint density at radius 2 is 1.93 bits per heavy atom. The Kier molecular flexibility index (Phi) is 5.42. The molecule has 0 radical (unpaired) electrons. The van der Waals surface area contributed by atoms with Gasteiger partial charge in [-0.05, 0) is 55.7 Å². The number of hydrogen-bond donors (Lipinski definition) is 1. The normalized spacial score (nSPS) is 15.8. The summed E-state index contributed by atoms with van der Waals surface area (Å²) >= 11 is 0. The molecule has 0 saturated heterocycles. The zero-order valence-corrected chi connectivity index (χ0v) is 16.7. The summed E-state index contributed by atoms with van der Waals surface area (Å²) in [4.78, 5) is 24.3. The van der Waals surface area contributed by atoms with Crippen molar-refractivity contribution in [3.8, 4) is 0 Å². The first-order valence-electron chi connectivity index (χ1n) is 8.82. The van der Waals surface area contributed by atoms with Crippen LogP contribution in [0.3, 0.4) is 0 Å². The van der Waals surface area contributed by atoms with E-state index < -0.39 is 28.5 Å². The Hall–Kier alpha value is -2.87. The minimum Gasteiger partial charge on any atom is -0.452 e. The fourth-order valence-electron chi connectivity index (χ4n) is 3.35. The lowest BCUT2D eigenvalue weighted by Gasteiger charge is -2.21. The average molecular weight is 402 g/mol. The van der Waals surface area contributed by atoms with Crippen LogP contribution in [0, 0.1) is 6.92 Å². The van der Waals surface area contributed by atoms with Crippen molar-refractivity contribution in [2.24, 2.45) is 0 Å². The van der Waals surface area contributed by atoms with Crippen LogP contribution in [0.15, 0.2) is 42.5 Å². The van der Waals surface area contributed by atoms with Gasteiger partial charge in [-0.15, -0.1) is 0 Å². The van der Waals surface area contributed by atoms with E-state index in [-0.39, 0.29) is 11.6 Å². The number of nitrogens with zero attached hydrogens (tertiary/aromatic N) is 1. The third kappa shape index (κ3) is 4.17. The van der Waals surface area contributed by atoms with Crippen LogP contribution in [0.25, 0.3) is 0 Å². The summed E-state index contributed by atoms with van der Waals surface area (Å²) < 4.78 is 30.4. The molecule has 7 nitrogen and oxygen atoms in total. The number of carbonyl (C=O) groups excluding carboxylic acids is 2. The number of esters is 1. The minimum atomic E-state index is -3.39. The van der Waals surface area contributed by atoms with E-state index >= 15 is 0 Å². The molecule has 0 unspecified atom stereocenters. The summed E-state index contributed by atoms with van der Waals surface area (Å²) in [5, 5.41) is 2.70. The molecule has 8 heteroatoms. The van der Waals surface area contributed by atoms with Gasteiger partial charge >= 0.3 is 5.97 Å². The molecule has 28 heavy (non-hydrogen) atoms. The number of para-hydroxylation sites is 1. The third-order valence-electron chi connectivity index (χ3n) is 4.58. The molecule has 2 aromatic carbocycles. The fourth-order valence-corrected chi connectivity index (χ4v) is 4.61. The van der Waals surface area contributed by atoms with E-state index in [2.05, 4.69) is 5.32 Å². The molecule has 1 N–H and O–H groups in total. The highest BCUT2D eigenvalue weighted by Gasteiger charge is 2.32. The van der Waals surface area contributed by atoms with Crippen LogP contribution >= 0.6 is 0 Å². The number of nitrogens with one attached hydrogen (secondary N) is 1. The maximum Gasteiger partial charge on any atom is 0.338 e. The summed E-state index contributed by atoms with van der Waals surface area (Å²) in [6.45, 7) is 3.28. The van der Waals surface area contributed by atoms with Gasteiger partial charge in [0.25, 0.3) is 5.91 Å². The van der Waals surface area contributed by atoms with Gasteiger partial charge in [-0.2, -0.15) is 0 Å². The predicted molar refractivity (Wildman–Crippen MR) is 107 cm³/mol. The topological polar surface area (TPSA) is 92.8 Å². The highest BCUT2D eigenvalue weighted by atomic mass is 32.2. The van der Waals surface area contributed by atoms with Gasteiger partial charge in [0.15, 0.2) is 6.61 Å². The summed E-state index contributed by atoms with van der Waals surface area (Å²) in [6, 6.07) is 11.8. The second-order valence-corrected chi connectivity index (χ2v) is 8.75. The lowest BCUT2D eigenvalue weighted by Crippen LogP contribution is -2.34. The number of sulfonamides is 1. The Morgan fingerprint density at radius 1 is 1.21 bits per heavy atom. The Bertz CT molecular complexity index is 1030.